The zero-order valence-electron chi connectivity index (χ0n) is 11.8. The average molecular weight is 248 g/mol. The van der Waals surface area contributed by atoms with E-state index in [2.05, 4.69) is 17.1 Å². The first-order valence-electron chi connectivity index (χ1n) is 8.28. The average Bonchev–Trinajstić information content (AvgIpc) is 2.37. The Bertz CT molecular complexity index is 290. The van der Waals surface area contributed by atoms with E-state index in [4.69, 9.17) is 0 Å². The Kier molecular flexibility index (Phi) is 2.74. The minimum Gasteiger partial charge on any atom is -0.314 e. The van der Waals surface area contributed by atoms with Crippen molar-refractivity contribution in [2.45, 2.75) is 51.0 Å². The summed E-state index contributed by atoms with van der Waals surface area (Å²) in [4.78, 5) is 2.91. The number of nitrogens with one attached hydrogen (secondary N) is 1. The molecule has 0 radical (unpaired) electrons. The topological polar surface area (TPSA) is 15.3 Å². The van der Waals surface area contributed by atoms with Crippen LogP contribution in [0, 0.1) is 23.7 Å². The summed E-state index contributed by atoms with van der Waals surface area (Å²) in [6.07, 6.45) is 9.10. The molecule has 4 saturated carbocycles. The first-order chi connectivity index (χ1) is 8.83. The van der Waals surface area contributed by atoms with Gasteiger partial charge in [0, 0.05) is 25.2 Å². The molecule has 1 spiro atoms. The largest absolute Gasteiger partial charge is 0.314 e. The second-order valence-electron chi connectivity index (χ2n) is 7.46. The van der Waals surface area contributed by atoms with Crippen LogP contribution >= 0.6 is 0 Å². The molecule has 5 aliphatic rings. The third-order valence-corrected chi connectivity index (χ3v) is 6.60. The van der Waals surface area contributed by atoms with Crippen LogP contribution in [0.2, 0.25) is 0 Å². The van der Waals surface area contributed by atoms with Gasteiger partial charge < -0.3 is 5.32 Å². The lowest BCUT2D eigenvalue weighted by Crippen LogP contribution is -2.73. The summed E-state index contributed by atoms with van der Waals surface area (Å²) in [5.41, 5.74) is 0.571. The third-order valence-electron chi connectivity index (χ3n) is 6.60. The smallest absolute Gasteiger partial charge is 0.0391 e. The van der Waals surface area contributed by atoms with Crippen LogP contribution < -0.4 is 5.32 Å². The Morgan fingerprint density at radius 1 is 1.06 bits per heavy atom. The summed E-state index contributed by atoms with van der Waals surface area (Å²) in [6.45, 7) is 7.50. The van der Waals surface area contributed by atoms with Crippen molar-refractivity contribution in [1.82, 2.24) is 10.2 Å². The summed E-state index contributed by atoms with van der Waals surface area (Å²) in [6, 6.07) is 0. The van der Waals surface area contributed by atoms with Crippen molar-refractivity contribution < 1.29 is 0 Å². The Balaban J connectivity index is 1.67. The second-order valence-corrected chi connectivity index (χ2v) is 7.46. The third kappa shape index (κ3) is 1.48. The van der Waals surface area contributed by atoms with E-state index in [1.807, 2.05) is 0 Å². The van der Waals surface area contributed by atoms with Gasteiger partial charge >= 0.3 is 0 Å². The van der Waals surface area contributed by atoms with Gasteiger partial charge in [-0.1, -0.05) is 6.92 Å². The quantitative estimate of drug-likeness (QED) is 0.808. The van der Waals surface area contributed by atoms with E-state index in [0.29, 0.717) is 5.54 Å². The molecule has 0 aromatic rings. The standard InChI is InChI=1S/C16H28N2/c1-2-4-18-5-3-17-11-16(18)14-7-12-6-13(9-14)10-15(16)8-12/h12-15,17H,2-11H2,1H3. The lowest BCUT2D eigenvalue weighted by atomic mass is 9.47. The van der Waals surface area contributed by atoms with Gasteiger partial charge in [0.25, 0.3) is 0 Å². The molecule has 1 N–H and O–H groups in total. The molecule has 4 aliphatic carbocycles. The summed E-state index contributed by atoms with van der Waals surface area (Å²) < 4.78 is 0. The van der Waals surface area contributed by atoms with Crippen LogP contribution in [-0.4, -0.2) is 36.6 Å². The molecular formula is C16H28N2. The van der Waals surface area contributed by atoms with E-state index in [9.17, 15) is 0 Å². The van der Waals surface area contributed by atoms with Crippen LogP contribution in [0.1, 0.15) is 45.4 Å². The van der Waals surface area contributed by atoms with Crippen molar-refractivity contribution in [2.75, 3.05) is 26.2 Å². The minimum atomic E-state index is 0.571. The fraction of sp³-hybridized carbons (Fsp3) is 1.00. The fourth-order valence-corrected chi connectivity index (χ4v) is 6.22. The Morgan fingerprint density at radius 2 is 1.72 bits per heavy atom. The molecule has 0 atom stereocenters. The molecule has 1 heterocycles. The lowest BCUT2D eigenvalue weighted by molar-refractivity contribution is -0.143. The molecule has 18 heavy (non-hydrogen) atoms. The molecule has 1 saturated heterocycles. The monoisotopic (exact) mass is 248 g/mol. The molecule has 5 fully saturated rings. The highest BCUT2D eigenvalue weighted by Gasteiger charge is 2.59. The van der Waals surface area contributed by atoms with Crippen LogP contribution in [0.25, 0.3) is 0 Å². The highest BCUT2D eigenvalue weighted by Crippen LogP contribution is 2.60. The summed E-state index contributed by atoms with van der Waals surface area (Å²) in [5.74, 6) is 4.24. The first kappa shape index (κ1) is 11.7. The van der Waals surface area contributed by atoms with Gasteiger partial charge in [0.2, 0.25) is 0 Å². The van der Waals surface area contributed by atoms with Gasteiger partial charge in [0.1, 0.15) is 0 Å². The molecule has 2 heteroatoms. The van der Waals surface area contributed by atoms with E-state index >= 15 is 0 Å². The normalized spacial score (nSPS) is 51.2. The zero-order valence-corrected chi connectivity index (χ0v) is 11.8. The molecule has 5 rings (SSSR count). The van der Waals surface area contributed by atoms with Crippen LogP contribution in [0.4, 0.5) is 0 Å². The van der Waals surface area contributed by atoms with Gasteiger partial charge in [-0.3, -0.25) is 4.90 Å². The fourth-order valence-electron chi connectivity index (χ4n) is 6.22. The van der Waals surface area contributed by atoms with Gasteiger partial charge in [-0.15, -0.1) is 0 Å². The minimum absolute atomic E-state index is 0.571. The van der Waals surface area contributed by atoms with Crippen molar-refractivity contribution in [3.63, 3.8) is 0 Å². The highest BCUT2D eigenvalue weighted by atomic mass is 15.3. The van der Waals surface area contributed by atoms with Crippen molar-refractivity contribution in [2.24, 2.45) is 23.7 Å². The summed E-state index contributed by atoms with van der Waals surface area (Å²) >= 11 is 0. The zero-order chi connectivity index (χ0) is 12.2. The number of rotatable bonds is 2. The van der Waals surface area contributed by atoms with Crippen molar-refractivity contribution in [3.8, 4) is 0 Å². The van der Waals surface area contributed by atoms with Gasteiger partial charge in [-0.25, -0.2) is 0 Å². The first-order valence-corrected chi connectivity index (χ1v) is 8.28. The SMILES string of the molecule is CCCN1CCNCC12C1CC3CC(C1)CC2C3. The second kappa shape index (κ2) is 4.21. The number of nitrogens with zero attached hydrogens (tertiary/aromatic N) is 1. The van der Waals surface area contributed by atoms with E-state index in [0.717, 1.165) is 23.7 Å². The van der Waals surface area contributed by atoms with Gasteiger partial charge in [-0.05, 0) is 68.7 Å². The number of hydrogen-bond acceptors (Lipinski definition) is 2. The number of hydrogen-bond donors (Lipinski definition) is 1. The van der Waals surface area contributed by atoms with Gasteiger partial charge in [-0.2, -0.15) is 0 Å². The van der Waals surface area contributed by atoms with Crippen molar-refractivity contribution in [1.29, 1.82) is 0 Å². The van der Waals surface area contributed by atoms with Crippen molar-refractivity contribution in [3.05, 3.63) is 0 Å². The molecule has 0 aromatic heterocycles. The maximum Gasteiger partial charge on any atom is 0.0391 e. The van der Waals surface area contributed by atoms with Gasteiger partial charge in [0.15, 0.2) is 0 Å². The Hall–Kier alpha value is -0.0800. The lowest BCUT2D eigenvalue weighted by Gasteiger charge is -2.66. The van der Waals surface area contributed by atoms with Crippen molar-refractivity contribution >= 4 is 0 Å². The predicted octanol–water partition coefficient (Wildman–Crippen LogP) is 2.50. The summed E-state index contributed by atoms with van der Waals surface area (Å²) in [7, 11) is 0. The van der Waals surface area contributed by atoms with Gasteiger partial charge in [0.05, 0.1) is 0 Å². The molecular weight excluding hydrogens is 220 g/mol. The molecule has 0 amide bonds. The van der Waals surface area contributed by atoms with E-state index in [-0.39, 0.29) is 0 Å². The molecule has 4 bridgehead atoms. The Morgan fingerprint density at radius 3 is 2.33 bits per heavy atom. The maximum absolute atomic E-state index is 3.75. The van der Waals surface area contributed by atoms with Crippen LogP contribution in [0.3, 0.4) is 0 Å². The van der Waals surface area contributed by atoms with Crippen LogP contribution in [0.15, 0.2) is 0 Å². The highest BCUT2D eigenvalue weighted by molar-refractivity contribution is 5.14. The van der Waals surface area contributed by atoms with E-state index < -0.39 is 0 Å². The molecule has 2 nitrogen and oxygen atoms in total. The molecule has 0 unspecified atom stereocenters. The molecule has 1 aliphatic heterocycles. The van der Waals surface area contributed by atoms with Crippen LogP contribution in [-0.2, 0) is 0 Å². The maximum atomic E-state index is 3.75. The molecule has 102 valence electrons. The summed E-state index contributed by atoms with van der Waals surface area (Å²) in [5, 5.41) is 3.75. The van der Waals surface area contributed by atoms with Crippen LogP contribution in [0.5, 0.6) is 0 Å². The number of piperazine rings is 1. The Labute approximate surface area is 111 Å². The predicted molar refractivity (Wildman–Crippen MR) is 74.5 cm³/mol. The molecule has 0 aromatic carbocycles. The van der Waals surface area contributed by atoms with E-state index in [1.165, 1.54) is 32.6 Å². The van der Waals surface area contributed by atoms with E-state index in [1.54, 1.807) is 32.1 Å².